The summed E-state index contributed by atoms with van der Waals surface area (Å²) in [6.45, 7) is 0.412. The maximum absolute atomic E-state index is 12.9. The minimum atomic E-state index is -0.303. The van der Waals surface area contributed by atoms with Crippen LogP contribution in [0.2, 0.25) is 5.15 Å². The van der Waals surface area contributed by atoms with Crippen LogP contribution in [0.25, 0.3) is 5.69 Å². The van der Waals surface area contributed by atoms with Crippen LogP contribution in [-0.2, 0) is 6.61 Å². The molecule has 0 saturated carbocycles. The minimum Gasteiger partial charge on any atom is -0.484 e. The number of benzene rings is 2. The molecule has 0 bridgehead atoms. The molecule has 0 aliphatic heterocycles. The zero-order chi connectivity index (χ0) is 14.7. The van der Waals surface area contributed by atoms with Gasteiger partial charge in [-0.2, -0.15) is 5.10 Å². The molecule has 2 aromatic carbocycles. The van der Waals surface area contributed by atoms with E-state index in [9.17, 15) is 4.39 Å². The van der Waals surface area contributed by atoms with Crippen molar-refractivity contribution < 1.29 is 9.13 Å². The summed E-state index contributed by atoms with van der Waals surface area (Å²) in [6.07, 6.45) is 1.55. The molecule has 1 heterocycles. The van der Waals surface area contributed by atoms with E-state index in [2.05, 4.69) is 5.10 Å². The Balaban J connectivity index is 1.78. The van der Waals surface area contributed by atoms with E-state index in [1.807, 2.05) is 30.3 Å². The highest BCUT2D eigenvalue weighted by Crippen LogP contribution is 2.27. The van der Waals surface area contributed by atoms with E-state index in [0.29, 0.717) is 23.2 Å². The SMILES string of the molecule is Fc1ccc(-n2ncc(OCc3ccccc3)c2Cl)cc1. The Hall–Kier alpha value is -2.33. The predicted octanol–water partition coefficient (Wildman–Crippen LogP) is 4.24. The number of rotatable bonds is 4. The first-order valence-electron chi connectivity index (χ1n) is 6.40. The largest absolute Gasteiger partial charge is 0.484 e. The Morgan fingerprint density at radius 3 is 2.48 bits per heavy atom. The zero-order valence-electron chi connectivity index (χ0n) is 11.0. The van der Waals surface area contributed by atoms with Crippen LogP contribution in [0, 0.1) is 5.82 Å². The monoisotopic (exact) mass is 302 g/mol. The van der Waals surface area contributed by atoms with Crippen LogP contribution >= 0.6 is 11.6 Å². The molecule has 0 amide bonds. The standard InChI is InChI=1S/C16H12ClFN2O/c17-16-15(21-11-12-4-2-1-3-5-12)10-19-20(16)14-8-6-13(18)7-9-14/h1-10H,11H2. The molecule has 0 saturated heterocycles. The van der Waals surface area contributed by atoms with Gasteiger partial charge in [-0.1, -0.05) is 41.9 Å². The van der Waals surface area contributed by atoms with Crippen molar-refractivity contribution in [1.29, 1.82) is 0 Å². The molecule has 3 rings (SSSR count). The summed E-state index contributed by atoms with van der Waals surface area (Å²) in [4.78, 5) is 0. The molecule has 3 aromatic rings. The van der Waals surface area contributed by atoms with E-state index in [4.69, 9.17) is 16.3 Å². The van der Waals surface area contributed by atoms with Gasteiger partial charge in [-0.15, -0.1) is 0 Å². The lowest BCUT2D eigenvalue weighted by Crippen LogP contribution is -1.97. The van der Waals surface area contributed by atoms with Crippen LogP contribution in [0.1, 0.15) is 5.56 Å². The molecule has 0 atom stereocenters. The minimum absolute atomic E-state index is 0.303. The molecular formula is C16H12ClFN2O. The number of hydrogen-bond donors (Lipinski definition) is 0. The third-order valence-electron chi connectivity index (χ3n) is 2.99. The molecule has 0 fully saturated rings. The summed E-state index contributed by atoms with van der Waals surface area (Å²) >= 11 is 6.25. The van der Waals surface area contributed by atoms with Gasteiger partial charge in [0.2, 0.25) is 0 Å². The van der Waals surface area contributed by atoms with Crippen LogP contribution in [0.3, 0.4) is 0 Å². The van der Waals surface area contributed by atoms with Gasteiger partial charge in [-0.3, -0.25) is 0 Å². The molecule has 1 aromatic heterocycles. The lowest BCUT2D eigenvalue weighted by molar-refractivity contribution is 0.306. The van der Waals surface area contributed by atoms with Crippen LogP contribution in [-0.4, -0.2) is 9.78 Å². The average Bonchev–Trinajstić information content (AvgIpc) is 2.88. The second-order valence-electron chi connectivity index (χ2n) is 4.46. The summed E-state index contributed by atoms with van der Waals surface area (Å²) in [5.41, 5.74) is 1.72. The maximum Gasteiger partial charge on any atom is 0.177 e. The van der Waals surface area contributed by atoms with Gasteiger partial charge in [-0.25, -0.2) is 9.07 Å². The molecule has 0 aliphatic rings. The summed E-state index contributed by atoms with van der Waals surface area (Å²) < 4.78 is 20.1. The van der Waals surface area contributed by atoms with E-state index in [1.165, 1.54) is 16.8 Å². The molecule has 3 nitrogen and oxygen atoms in total. The Morgan fingerprint density at radius 2 is 1.76 bits per heavy atom. The quantitative estimate of drug-likeness (QED) is 0.720. The van der Waals surface area contributed by atoms with Crippen molar-refractivity contribution in [2.45, 2.75) is 6.61 Å². The molecule has 21 heavy (non-hydrogen) atoms. The Morgan fingerprint density at radius 1 is 1.05 bits per heavy atom. The maximum atomic E-state index is 12.9. The van der Waals surface area contributed by atoms with Crippen LogP contribution in [0.15, 0.2) is 60.8 Å². The van der Waals surface area contributed by atoms with Crippen molar-refractivity contribution in [3.8, 4) is 11.4 Å². The van der Waals surface area contributed by atoms with Crippen molar-refractivity contribution in [1.82, 2.24) is 9.78 Å². The molecule has 0 aliphatic carbocycles. The van der Waals surface area contributed by atoms with Crippen molar-refractivity contribution in [2.75, 3.05) is 0 Å². The summed E-state index contributed by atoms with van der Waals surface area (Å²) in [7, 11) is 0. The van der Waals surface area contributed by atoms with Crippen molar-refractivity contribution in [2.24, 2.45) is 0 Å². The third kappa shape index (κ3) is 3.06. The number of aromatic nitrogens is 2. The topological polar surface area (TPSA) is 27.1 Å². The van der Waals surface area contributed by atoms with Gasteiger partial charge in [-0.05, 0) is 29.8 Å². The first kappa shape index (κ1) is 13.6. The molecule has 5 heteroatoms. The van der Waals surface area contributed by atoms with E-state index >= 15 is 0 Å². The molecule has 0 spiro atoms. The number of ether oxygens (including phenoxy) is 1. The normalized spacial score (nSPS) is 10.6. The van der Waals surface area contributed by atoms with Gasteiger partial charge in [0.05, 0.1) is 11.9 Å². The number of halogens is 2. The van der Waals surface area contributed by atoms with Crippen molar-refractivity contribution >= 4 is 11.6 Å². The fourth-order valence-corrected chi connectivity index (χ4v) is 2.16. The van der Waals surface area contributed by atoms with Crippen LogP contribution < -0.4 is 4.74 Å². The fraction of sp³-hybridized carbons (Fsp3) is 0.0625. The number of hydrogen-bond acceptors (Lipinski definition) is 2. The first-order chi connectivity index (χ1) is 10.2. The molecule has 106 valence electrons. The summed E-state index contributed by atoms with van der Waals surface area (Å²) in [5, 5.41) is 4.52. The van der Waals surface area contributed by atoms with E-state index < -0.39 is 0 Å². The summed E-state index contributed by atoms with van der Waals surface area (Å²) in [5.74, 6) is 0.187. The number of nitrogens with zero attached hydrogens (tertiary/aromatic N) is 2. The third-order valence-corrected chi connectivity index (χ3v) is 3.33. The second-order valence-corrected chi connectivity index (χ2v) is 4.82. The van der Waals surface area contributed by atoms with E-state index in [1.54, 1.807) is 18.3 Å². The second kappa shape index (κ2) is 5.97. The van der Waals surface area contributed by atoms with Gasteiger partial charge < -0.3 is 4.74 Å². The predicted molar refractivity (Wildman–Crippen MR) is 79.3 cm³/mol. The Labute approximate surface area is 126 Å². The van der Waals surface area contributed by atoms with Gasteiger partial charge in [0.25, 0.3) is 0 Å². The zero-order valence-corrected chi connectivity index (χ0v) is 11.8. The lowest BCUT2D eigenvalue weighted by Gasteiger charge is -2.06. The molecule has 0 N–H and O–H groups in total. The van der Waals surface area contributed by atoms with Crippen molar-refractivity contribution in [3.63, 3.8) is 0 Å². The Kier molecular flexibility index (Phi) is 3.88. The van der Waals surface area contributed by atoms with Crippen LogP contribution in [0.5, 0.6) is 5.75 Å². The summed E-state index contributed by atoms with van der Waals surface area (Å²) in [6, 6.07) is 15.7. The van der Waals surface area contributed by atoms with Gasteiger partial charge in [0.15, 0.2) is 10.9 Å². The van der Waals surface area contributed by atoms with E-state index in [-0.39, 0.29) is 5.82 Å². The van der Waals surface area contributed by atoms with Gasteiger partial charge in [0.1, 0.15) is 12.4 Å². The molecule has 0 unspecified atom stereocenters. The Bertz CT molecular complexity index is 726. The van der Waals surface area contributed by atoms with Crippen LogP contribution in [0.4, 0.5) is 4.39 Å². The van der Waals surface area contributed by atoms with Gasteiger partial charge in [0, 0.05) is 0 Å². The highest BCUT2D eigenvalue weighted by molar-refractivity contribution is 6.31. The highest BCUT2D eigenvalue weighted by Gasteiger charge is 2.11. The van der Waals surface area contributed by atoms with E-state index in [0.717, 1.165) is 5.56 Å². The van der Waals surface area contributed by atoms with Crippen molar-refractivity contribution in [3.05, 3.63) is 77.3 Å². The molecule has 0 radical (unpaired) electrons. The molecular weight excluding hydrogens is 291 g/mol. The smallest absolute Gasteiger partial charge is 0.177 e. The van der Waals surface area contributed by atoms with Gasteiger partial charge >= 0.3 is 0 Å². The fourth-order valence-electron chi connectivity index (χ4n) is 1.91. The highest BCUT2D eigenvalue weighted by atomic mass is 35.5. The average molecular weight is 303 g/mol. The lowest BCUT2D eigenvalue weighted by atomic mass is 10.2. The first-order valence-corrected chi connectivity index (χ1v) is 6.78.